The van der Waals surface area contributed by atoms with E-state index in [-0.39, 0.29) is 12.1 Å². The highest BCUT2D eigenvalue weighted by Gasteiger charge is 2.15. The van der Waals surface area contributed by atoms with Crippen LogP contribution in [0.2, 0.25) is 0 Å². The maximum absolute atomic E-state index is 12.7. The lowest BCUT2D eigenvalue weighted by atomic mass is 10.2. The first-order chi connectivity index (χ1) is 14.7. The Morgan fingerprint density at radius 3 is 2.70 bits per heavy atom. The van der Waals surface area contributed by atoms with Crippen LogP contribution < -0.4 is 10.9 Å². The number of anilines is 1. The first kappa shape index (κ1) is 19.7. The molecule has 0 aliphatic carbocycles. The van der Waals surface area contributed by atoms with Crippen molar-refractivity contribution in [2.24, 2.45) is 0 Å². The summed E-state index contributed by atoms with van der Waals surface area (Å²) in [6.07, 6.45) is 0.784. The van der Waals surface area contributed by atoms with Crippen molar-refractivity contribution in [3.63, 3.8) is 0 Å². The second-order valence-electron chi connectivity index (χ2n) is 6.74. The van der Waals surface area contributed by atoms with Crippen molar-refractivity contribution in [1.29, 1.82) is 0 Å². The van der Waals surface area contributed by atoms with Crippen molar-refractivity contribution in [3.05, 3.63) is 58.9 Å². The number of ether oxygens (including phenoxy) is 1. The van der Waals surface area contributed by atoms with Gasteiger partial charge in [-0.05, 0) is 37.6 Å². The van der Waals surface area contributed by atoms with Crippen LogP contribution in [-0.4, -0.2) is 43.7 Å². The molecule has 1 N–H and O–H groups in total. The summed E-state index contributed by atoms with van der Waals surface area (Å²) in [6, 6.07) is 14.6. The topological polar surface area (TPSA) is 104 Å². The lowest BCUT2D eigenvalue weighted by Crippen LogP contribution is -2.31. The van der Waals surface area contributed by atoms with E-state index in [1.54, 1.807) is 24.3 Å². The molecule has 0 saturated heterocycles. The number of hydrogen-bond acceptors (Lipinski definition) is 6. The van der Waals surface area contributed by atoms with Gasteiger partial charge < -0.3 is 9.30 Å². The second-order valence-corrected chi connectivity index (χ2v) is 6.74. The number of carbonyl (C=O) groups is 1. The van der Waals surface area contributed by atoms with Crippen LogP contribution in [0.3, 0.4) is 0 Å². The Morgan fingerprint density at radius 2 is 1.87 bits per heavy atom. The molecule has 2 aromatic carbocycles. The number of para-hydroxylation sites is 2. The van der Waals surface area contributed by atoms with Crippen molar-refractivity contribution >= 4 is 33.8 Å². The molecule has 4 aromatic rings. The molecule has 2 aromatic heterocycles. The fourth-order valence-corrected chi connectivity index (χ4v) is 3.29. The van der Waals surface area contributed by atoms with E-state index >= 15 is 0 Å². The number of carbonyl (C=O) groups excluding carboxylic acids is 1. The molecular weight excluding hydrogens is 384 g/mol. The molecule has 0 bridgehead atoms. The second kappa shape index (κ2) is 8.83. The van der Waals surface area contributed by atoms with E-state index in [0.29, 0.717) is 36.6 Å². The van der Waals surface area contributed by atoms with Gasteiger partial charge in [0.1, 0.15) is 12.1 Å². The fourth-order valence-electron chi connectivity index (χ4n) is 3.29. The van der Waals surface area contributed by atoms with E-state index in [4.69, 9.17) is 4.74 Å². The van der Waals surface area contributed by atoms with E-state index in [9.17, 15) is 9.59 Å². The quantitative estimate of drug-likeness (QED) is 0.450. The van der Waals surface area contributed by atoms with Gasteiger partial charge >= 0.3 is 0 Å². The van der Waals surface area contributed by atoms with Crippen LogP contribution in [0.25, 0.3) is 21.9 Å². The molecule has 0 saturated carbocycles. The highest BCUT2D eigenvalue weighted by molar-refractivity contribution is 5.91. The average Bonchev–Trinajstić information content (AvgIpc) is 3.10. The number of amides is 1. The molecule has 0 fully saturated rings. The van der Waals surface area contributed by atoms with Crippen molar-refractivity contribution in [2.45, 2.75) is 26.4 Å². The summed E-state index contributed by atoms with van der Waals surface area (Å²) in [7, 11) is 0. The molecule has 154 valence electrons. The Hall–Kier alpha value is -3.59. The number of rotatable bonds is 8. The summed E-state index contributed by atoms with van der Waals surface area (Å²) in [6.45, 7) is 3.63. The molecular formula is C21H22N6O3. The standard InChI is InChI=1S/C21H22N6O3/c1-2-30-13-7-12-26-18-11-6-5-10-17(18)22-21(26)23-19(28)14-27-20(29)15-8-3-4-9-16(15)24-25-27/h3-6,8-11H,2,7,12-14H2,1H3,(H,22,23,28). The highest BCUT2D eigenvalue weighted by atomic mass is 16.5. The summed E-state index contributed by atoms with van der Waals surface area (Å²) in [5.41, 5.74) is 1.84. The van der Waals surface area contributed by atoms with Crippen molar-refractivity contribution in [3.8, 4) is 0 Å². The van der Waals surface area contributed by atoms with Gasteiger partial charge in [-0.15, -0.1) is 5.10 Å². The third kappa shape index (κ3) is 4.06. The number of nitrogens with one attached hydrogen (secondary N) is 1. The molecule has 0 radical (unpaired) electrons. The van der Waals surface area contributed by atoms with E-state index in [0.717, 1.165) is 22.1 Å². The van der Waals surface area contributed by atoms with Gasteiger partial charge in [0.05, 0.1) is 16.4 Å². The van der Waals surface area contributed by atoms with Gasteiger partial charge in [0, 0.05) is 19.8 Å². The Kier molecular flexibility index (Phi) is 5.80. The summed E-state index contributed by atoms with van der Waals surface area (Å²) in [5, 5.41) is 11.1. The van der Waals surface area contributed by atoms with E-state index in [1.165, 1.54) is 0 Å². The number of aromatic nitrogens is 5. The third-order valence-electron chi connectivity index (χ3n) is 4.70. The molecule has 1 amide bonds. The molecule has 9 heteroatoms. The zero-order chi connectivity index (χ0) is 20.9. The van der Waals surface area contributed by atoms with Crippen LogP contribution in [0.5, 0.6) is 0 Å². The summed E-state index contributed by atoms with van der Waals surface area (Å²) in [4.78, 5) is 29.8. The maximum Gasteiger partial charge on any atom is 0.278 e. The minimum atomic E-state index is -0.400. The van der Waals surface area contributed by atoms with Crippen LogP contribution in [0.15, 0.2) is 53.3 Å². The highest BCUT2D eigenvalue weighted by Crippen LogP contribution is 2.20. The maximum atomic E-state index is 12.7. The Morgan fingerprint density at radius 1 is 1.10 bits per heavy atom. The number of fused-ring (bicyclic) bond motifs is 2. The summed E-state index contributed by atoms with van der Waals surface area (Å²) >= 11 is 0. The Bertz CT molecular complexity index is 1250. The van der Waals surface area contributed by atoms with Gasteiger partial charge in [-0.1, -0.05) is 29.5 Å². The van der Waals surface area contributed by atoms with Crippen LogP contribution in [0.4, 0.5) is 5.95 Å². The van der Waals surface area contributed by atoms with E-state index in [1.807, 2.05) is 35.8 Å². The molecule has 0 atom stereocenters. The molecule has 2 heterocycles. The van der Waals surface area contributed by atoms with E-state index in [2.05, 4.69) is 20.6 Å². The van der Waals surface area contributed by atoms with Gasteiger partial charge in [-0.2, -0.15) is 0 Å². The first-order valence-corrected chi connectivity index (χ1v) is 9.83. The molecule has 0 aliphatic heterocycles. The molecule has 0 spiro atoms. The number of aryl methyl sites for hydroxylation is 1. The van der Waals surface area contributed by atoms with Crippen molar-refractivity contribution in [1.82, 2.24) is 24.5 Å². The number of benzene rings is 2. The molecule has 4 rings (SSSR count). The smallest absolute Gasteiger partial charge is 0.278 e. The molecule has 0 aliphatic rings. The van der Waals surface area contributed by atoms with Crippen LogP contribution in [0, 0.1) is 0 Å². The normalized spacial score (nSPS) is 11.2. The van der Waals surface area contributed by atoms with Crippen LogP contribution in [-0.2, 0) is 22.6 Å². The number of imidazole rings is 1. The Labute approximate surface area is 172 Å². The SMILES string of the molecule is CCOCCCn1c(NC(=O)Cn2nnc3ccccc3c2=O)nc2ccccc21. The monoisotopic (exact) mass is 406 g/mol. The summed E-state index contributed by atoms with van der Waals surface area (Å²) < 4.78 is 8.42. The lowest BCUT2D eigenvalue weighted by molar-refractivity contribution is -0.117. The fraction of sp³-hybridized carbons (Fsp3) is 0.286. The predicted octanol–water partition coefficient (Wildman–Crippen LogP) is 2.21. The minimum Gasteiger partial charge on any atom is -0.382 e. The lowest BCUT2D eigenvalue weighted by Gasteiger charge is -2.10. The van der Waals surface area contributed by atoms with Crippen molar-refractivity contribution < 1.29 is 9.53 Å². The number of hydrogen-bond donors (Lipinski definition) is 1. The summed E-state index contributed by atoms with van der Waals surface area (Å²) in [5.74, 6) is 0.0301. The van der Waals surface area contributed by atoms with Crippen LogP contribution in [0.1, 0.15) is 13.3 Å². The number of nitrogens with zero attached hydrogens (tertiary/aromatic N) is 5. The van der Waals surface area contributed by atoms with Gasteiger partial charge in [0.25, 0.3) is 5.56 Å². The molecule has 0 unspecified atom stereocenters. The van der Waals surface area contributed by atoms with Crippen LogP contribution >= 0.6 is 0 Å². The average molecular weight is 406 g/mol. The van der Waals surface area contributed by atoms with Crippen molar-refractivity contribution in [2.75, 3.05) is 18.5 Å². The third-order valence-corrected chi connectivity index (χ3v) is 4.70. The van der Waals surface area contributed by atoms with Gasteiger partial charge in [-0.3, -0.25) is 14.9 Å². The van der Waals surface area contributed by atoms with Gasteiger partial charge in [0.2, 0.25) is 11.9 Å². The van der Waals surface area contributed by atoms with E-state index < -0.39 is 5.91 Å². The molecule has 9 nitrogen and oxygen atoms in total. The zero-order valence-electron chi connectivity index (χ0n) is 16.6. The minimum absolute atomic E-state index is 0.251. The zero-order valence-corrected chi connectivity index (χ0v) is 16.6. The Balaban J connectivity index is 1.55. The largest absolute Gasteiger partial charge is 0.382 e. The van der Waals surface area contributed by atoms with Gasteiger partial charge in [-0.25, -0.2) is 9.67 Å². The predicted molar refractivity (Wildman–Crippen MR) is 113 cm³/mol. The molecule has 30 heavy (non-hydrogen) atoms. The van der Waals surface area contributed by atoms with Gasteiger partial charge in [0.15, 0.2) is 0 Å². The first-order valence-electron chi connectivity index (χ1n) is 9.83.